The van der Waals surface area contributed by atoms with Crippen LogP contribution in [0.3, 0.4) is 0 Å². The predicted molar refractivity (Wildman–Crippen MR) is 53.8 cm³/mol. The Labute approximate surface area is 99.2 Å². The van der Waals surface area contributed by atoms with Gasteiger partial charge in [0.1, 0.15) is 0 Å². The number of hydrogen-bond acceptors (Lipinski definition) is 3. The van der Waals surface area contributed by atoms with E-state index in [9.17, 15) is 10.2 Å². The third-order valence-corrected chi connectivity index (χ3v) is 2.13. The van der Waals surface area contributed by atoms with Crippen LogP contribution in [-0.4, -0.2) is 15.2 Å². The van der Waals surface area contributed by atoms with Gasteiger partial charge in [0.25, 0.3) is 11.6 Å². The number of aryl methyl sites for hydroxylation is 1. The summed E-state index contributed by atoms with van der Waals surface area (Å²) in [5, 5.41) is 18.8. The number of hydrogen-bond donors (Lipinski definition) is 2. The lowest BCUT2D eigenvalue weighted by Crippen LogP contribution is -3.00. The van der Waals surface area contributed by atoms with Crippen LogP contribution in [0.4, 0.5) is 0 Å². The van der Waals surface area contributed by atoms with Crippen molar-refractivity contribution in [1.82, 2.24) is 4.98 Å². The normalized spacial score (nSPS) is 9.56. The molecule has 0 aliphatic carbocycles. The summed E-state index contributed by atoms with van der Waals surface area (Å²) in [6, 6.07) is 7.10. The lowest BCUT2D eigenvalue weighted by atomic mass is 10.2. The minimum atomic E-state index is -0.177. The average molecular weight is 239 g/mol. The molecule has 0 spiro atoms. The van der Waals surface area contributed by atoms with E-state index >= 15 is 0 Å². The van der Waals surface area contributed by atoms with Crippen LogP contribution in [0.25, 0.3) is 5.69 Å². The van der Waals surface area contributed by atoms with Crippen molar-refractivity contribution in [3.05, 3.63) is 42.2 Å². The molecule has 0 fully saturated rings. The van der Waals surface area contributed by atoms with Gasteiger partial charge in [0.15, 0.2) is 12.4 Å². The van der Waals surface area contributed by atoms with Gasteiger partial charge in [-0.25, -0.2) is 0 Å². The number of rotatable bonds is 1. The first-order valence-electron chi connectivity index (χ1n) is 4.55. The fourth-order valence-corrected chi connectivity index (χ4v) is 1.50. The molecule has 0 unspecified atom stereocenters. The van der Waals surface area contributed by atoms with Gasteiger partial charge < -0.3 is 22.6 Å². The Morgan fingerprint density at radius 1 is 1.12 bits per heavy atom. The van der Waals surface area contributed by atoms with Crippen molar-refractivity contribution in [3.63, 3.8) is 0 Å². The van der Waals surface area contributed by atoms with E-state index in [-0.39, 0.29) is 24.2 Å². The Morgan fingerprint density at radius 3 is 2.31 bits per heavy atom. The van der Waals surface area contributed by atoms with Crippen LogP contribution in [0.1, 0.15) is 5.56 Å². The van der Waals surface area contributed by atoms with E-state index in [1.165, 1.54) is 6.07 Å². The van der Waals surface area contributed by atoms with Gasteiger partial charge >= 0.3 is 0 Å². The molecule has 0 aliphatic heterocycles. The number of aromatic nitrogens is 2. The predicted octanol–water partition coefficient (Wildman–Crippen LogP) is -1.92. The van der Waals surface area contributed by atoms with Crippen molar-refractivity contribution >= 4 is 0 Å². The molecule has 0 bridgehead atoms. The zero-order valence-corrected chi connectivity index (χ0v) is 9.39. The summed E-state index contributed by atoms with van der Waals surface area (Å²) in [5.41, 5.74) is 1.34. The highest BCUT2D eigenvalue weighted by Gasteiger charge is 2.17. The van der Waals surface area contributed by atoms with Gasteiger partial charge in [-0.2, -0.15) is 9.55 Å². The van der Waals surface area contributed by atoms with E-state index in [1.54, 1.807) is 23.9 Å². The van der Waals surface area contributed by atoms with Crippen molar-refractivity contribution in [2.75, 3.05) is 0 Å². The Kier molecular flexibility index (Phi) is 3.68. The monoisotopic (exact) mass is 238 g/mol. The lowest BCUT2D eigenvalue weighted by Gasteiger charge is -2.02. The fourth-order valence-electron chi connectivity index (χ4n) is 1.50. The van der Waals surface area contributed by atoms with E-state index in [4.69, 9.17) is 0 Å². The zero-order chi connectivity index (χ0) is 10.8. The van der Waals surface area contributed by atoms with Crippen molar-refractivity contribution in [1.29, 1.82) is 0 Å². The molecule has 0 saturated carbocycles. The smallest absolute Gasteiger partial charge is 0.289 e. The molecule has 2 aromatic heterocycles. The van der Waals surface area contributed by atoms with E-state index in [0.29, 0.717) is 5.69 Å². The molecule has 5 heteroatoms. The summed E-state index contributed by atoms with van der Waals surface area (Å²) in [6.45, 7) is 1.80. The second-order valence-electron chi connectivity index (χ2n) is 3.25. The highest BCUT2D eigenvalue weighted by atomic mass is 35.5. The van der Waals surface area contributed by atoms with Crippen LogP contribution < -0.4 is 17.0 Å². The third kappa shape index (κ3) is 2.23. The highest BCUT2D eigenvalue weighted by molar-refractivity contribution is 5.43. The molecular formula is C11H11ClN2O2. The van der Waals surface area contributed by atoms with Crippen molar-refractivity contribution < 1.29 is 27.2 Å². The van der Waals surface area contributed by atoms with Crippen molar-refractivity contribution in [2.45, 2.75) is 6.92 Å². The summed E-state index contributed by atoms with van der Waals surface area (Å²) in [4.78, 5) is 3.60. The number of pyridine rings is 2. The van der Waals surface area contributed by atoms with E-state index < -0.39 is 0 Å². The third-order valence-electron chi connectivity index (χ3n) is 2.13. The van der Waals surface area contributed by atoms with Gasteiger partial charge in [0.2, 0.25) is 5.88 Å². The number of halogens is 1. The first kappa shape index (κ1) is 12.3. The highest BCUT2D eigenvalue weighted by Crippen LogP contribution is 2.21. The van der Waals surface area contributed by atoms with Crippen LogP contribution in [-0.2, 0) is 0 Å². The minimum Gasteiger partial charge on any atom is -1.00 e. The Morgan fingerprint density at radius 2 is 1.75 bits per heavy atom. The van der Waals surface area contributed by atoms with Crippen molar-refractivity contribution in [3.8, 4) is 17.4 Å². The van der Waals surface area contributed by atoms with Gasteiger partial charge in [0, 0.05) is 23.8 Å². The molecule has 0 saturated heterocycles. The van der Waals surface area contributed by atoms with Gasteiger partial charge in [-0.15, -0.1) is 0 Å². The lowest BCUT2D eigenvalue weighted by molar-refractivity contribution is -0.597. The maximum Gasteiger partial charge on any atom is 0.289 e. The van der Waals surface area contributed by atoms with Gasteiger partial charge in [-0.05, 0) is 6.92 Å². The van der Waals surface area contributed by atoms with Crippen LogP contribution >= 0.6 is 0 Å². The maximum atomic E-state index is 9.63. The molecule has 2 heterocycles. The Hall–Kier alpha value is -1.81. The number of nitrogens with zero attached hydrogens (tertiary/aromatic N) is 2. The Balaban J connectivity index is 0.00000128. The molecular weight excluding hydrogens is 228 g/mol. The molecule has 0 atom stereocenters. The summed E-state index contributed by atoms with van der Waals surface area (Å²) in [7, 11) is 0. The quantitative estimate of drug-likeness (QED) is 0.570. The maximum absolute atomic E-state index is 9.63. The van der Waals surface area contributed by atoms with Crippen LogP contribution in [0.15, 0.2) is 36.7 Å². The number of aromatic hydroxyl groups is 2. The molecule has 2 rings (SSSR count). The van der Waals surface area contributed by atoms with E-state index in [2.05, 4.69) is 4.98 Å². The standard InChI is InChI=1S/C11H10N2O2.ClH/c1-8-7-9(14)12-11(15)10(8)13-5-3-2-4-6-13;/h2-7H,1H3,(H-,12,14,15);1H. The first-order valence-corrected chi connectivity index (χ1v) is 4.55. The largest absolute Gasteiger partial charge is 1.00 e. The SMILES string of the molecule is Cc1cc(O)nc(O)c1-[n+]1ccccc1.[Cl-]. The van der Waals surface area contributed by atoms with Crippen LogP contribution in [0.2, 0.25) is 0 Å². The average Bonchev–Trinajstić information content (AvgIpc) is 2.17. The molecule has 4 nitrogen and oxygen atoms in total. The summed E-state index contributed by atoms with van der Waals surface area (Å²) < 4.78 is 1.75. The van der Waals surface area contributed by atoms with Gasteiger partial charge in [0.05, 0.1) is 0 Å². The van der Waals surface area contributed by atoms with E-state index in [0.717, 1.165) is 5.56 Å². The molecule has 0 aromatic carbocycles. The fraction of sp³-hybridized carbons (Fsp3) is 0.0909. The second-order valence-corrected chi connectivity index (χ2v) is 3.25. The zero-order valence-electron chi connectivity index (χ0n) is 8.63. The molecule has 84 valence electrons. The summed E-state index contributed by atoms with van der Waals surface area (Å²) in [5.74, 6) is -0.353. The molecule has 2 N–H and O–H groups in total. The summed E-state index contributed by atoms with van der Waals surface area (Å²) >= 11 is 0. The second kappa shape index (κ2) is 4.81. The molecule has 2 aromatic rings. The molecule has 0 aliphatic rings. The van der Waals surface area contributed by atoms with Crippen LogP contribution in [0, 0.1) is 6.92 Å². The van der Waals surface area contributed by atoms with Crippen LogP contribution in [0.5, 0.6) is 11.8 Å². The van der Waals surface area contributed by atoms with Crippen molar-refractivity contribution in [2.24, 2.45) is 0 Å². The topological polar surface area (TPSA) is 57.2 Å². The Bertz CT molecular complexity index is 466. The minimum absolute atomic E-state index is 0. The molecule has 0 amide bonds. The van der Waals surface area contributed by atoms with E-state index in [1.807, 2.05) is 18.2 Å². The van der Waals surface area contributed by atoms with Gasteiger partial charge in [-0.1, -0.05) is 6.07 Å². The first-order chi connectivity index (χ1) is 7.18. The van der Waals surface area contributed by atoms with Gasteiger partial charge in [-0.3, -0.25) is 0 Å². The summed E-state index contributed by atoms with van der Waals surface area (Å²) in [6.07, 6.45) is 3.61. The molecule has 16 heavy (non-hydrogen) atoms. The molecule has 0 radical (unpaired) electrons.